The molecule has 1 aliphatic heterocycles. The van der Waals surface area contributed by atoms with Crippen molar-refractivity contribution in [1.29, 1.82) is 0 Å². The van der Waals surface area contributed by atoms with Gasteiger partial charge >= 0.3 is 0 Å². The van der Waals surface area contributed by atoms with Crippen molar-refractivity contribution in [3.8, 4) is 0 Å². The number of nitrogens with zero attached hydrogens (tertiary/aromatic N) is 2. The molecule has 0 amide bonds. The molecule has 2 heterocycles. The van der Waals surface area contributed by atoms with Crippen LogP contribution in [0.3, 0.4) is 0 Å². The van der Waals surface area contributed by atoms with E-state index in [0.29, 0.717) is 0 Å². The lowest BCUT2D eigenvalue weighted by atomic mass is 10.2. The summed E-state index contributed by atoms with van der Waals surface area (Å²) in [6.07, 6.45) is 7.13. The van der Waals surface area contributed by atoms with Gasteiger partial charge in [-0.25, -0.2) is 0 Å². The van der Waals surface area contributed by atoms with Crippen LogP contribution in [0.2, 0.25) is 0 Å². The van der Waals surface area contributed by atoms with Crippen molar-refractivity contribution in [1.82, 2.24) is 15.5 Å². The molecule has 0 radical (unpaired) electrons. The number of furan rings is 1. The first kappa shape index (κ1) is 20.2. The summed E-state index contributed by atoms with van der Waals surface area (Å²) >= 11 is 1.91. The van der Waals surface area contributed by atoms with E-state index in [0.717, 1.165) is 50.2 Å². The normalized spacial score (nSPS) is 17.0. The standard InChI is InChI=1S/C19H34N4OS/c1-4-20-19(21-11-5-8-14-25-3)22-15-17(23-12-6-7-13-23)18-10-9-16(2)24-18/h9-10,17H,4-8,11-15H2,1-3H3,(H2,20,21,22). The van der Waals surface area contributed by atoms with Crippen molar-refractivity contribution in [3.63, 3.8) is 0 Å². The zero-order chi connectivity index (χ0) is 17.9. The summed E-state index contributed by atoms with van der Waals surface area (Å²) in [5, 5.41) is 6.82. The summed E-state index contributed by atoms with van der Waals surface area (Å²) in [6.45, 7) is 8.97. The van der Waals surface area contributed by atoms with Gasteiger partial charge in [0.2, 0.25) is 0 Å². The number of hydrogen-bond acceptors (Lipinski definition) is 4. The summed E-state index contributed by atoms with van der Waals surface area (Å²) < 4.78 is 5.92. The average Bonchev–Trinajstić information content (AvgIpc) is 3.27. The maximum Gasteiger partial charge on any atom is 0.191 e. The molecule has 25 heavy (non-hydrogen) atoms. The van der Waals surface area contributed by atoms with E-state index in [1.807, 2.05) is 18.7 Å². The molecule has 1 aliphatic rings. The second-order valence-electron chi connectivity index (χ2n) is 6.55. The Hall–Kier alpha value is -1.14. The zero-order valence-corrected chi connectivity index (χ0v) is 16.8. The Bertz CT molecular complexity index is 511. The fourth-order valence-corrected chi connectivity index (χ4v) is 3.66. The molecular weight excluding hydrogens is 332 g/mol. The molecule has 1 aromatic heterocycles. The third kappa shape index (κ3) is 6.94. The Morgan fingerprint density at radius 2 is 2.08 bits per heavy atom. The van der Waals surface area contributed by atoms with Gasteiger partial charge in [-0.05, 0) is 76.8 Å². The number of guanidine groups is 1. The number of unbranched alkanes of at least 4 members (excludes halogenated alkanes) is 1. The quantitative estimate of drug-likeness (QED) is 0.377. The molecular formula is C19H34N4OS. The van der Waals surface area contributed by atoms with E-state index in [4.69, 9.17) is 9.41 Å². The van der Waals surface area contributed by atoms with Crippen molar-refractivity contribution in [2.45, 2.75) is 45.6 Å². The van der Waals surface area contributed by atoms with Crippen LogP contribution in [-0.4, -0.2) is 55.6 Å². The van der Waals surface area contributed by atoms with Gasteiger partial charge in [-0.15, -0.1) is 0 Å². The lowest BCUT2D eigenvalue weighted by molar-refractivity contribution is 0.219. The summed E-state index contributed by atoms with van der Waals surface area (Å²) in [6, 6.07) is 4.40. The minimum Gasteiger partial charge on any atom is -0.465 e. The Kier molecular flexibility index (Phi) is 9.26. The highest BCUT2D eigenvalue weighted by Crippen LogP contribution is 2.26. The van der Waals surface area contributed by atoms with Crippen molar-refractivity contribution in [2.24, 2.45) is 4.99 Å². The molecule has 0 saturated carbocycles. The Morgan fingerprint density at radius 1 is 1.28 bits per heavy atom. The average molecular weight is 367 g/mol. The van der Waals surface area contributed by atoms with Crippen molar-refractivity contribution >= 4 is 17.7 Å². The van der Waals surface area contributed by atoms with Crippen LogP contribution in [0.4, 0.5) is 0 Å². The maximum atomic E-state index is 5.92. The van der Waals surface area contributed by atoms with Crippen molar-refractivity contribution in [3.05, 3.63) is 23.7 Å². The molecule has 5 nitrogen and oxygen atoms in total. The van der Waals surface area contributed by atoms with Gasteiger partial charge in [0.05, 0.1) is 12.6 Å². The minimum absolute atomic E-state index is 0.239. The number of rotatable bonds is 10. The number of likely N-dealkylation sites (tertiary alicyclic amines) is 1. The first-order valence-electron chi connectivity index (χ1n) is 9.56. The molecule has 6 heteroatoms. The molecule has 2 N–H and O–H groups in total. The van der Waals surface area contributed by atoms with E-state index in [-0.39, 0.29) is 6.04 Å². The monoisotopic (exact) mass is 366 g/mol. The van der Waals surface area contributed by atoms with Gasteiger partial charge in [0.25, 0.3) is 0 Å². The molecule has 1 fully saturated rings. The van der Waals surface area contributed by atoms with Crippen LogP contribution in [0.5, 0.6) is 0 Å². The number of hydrogen-bond donors (Lipinski definition) is 2. The number of nitrogens with one attached hydrogen (secondary N) is 2. The van der Waals surface area contributed by atoms with Crippen LogP contribution in [0.25, 0.3) is 0 Å². The molecule has 0 aliphatic carbocycles. The van der Waals surface area contributed by atoms with Crippen LogP contribution < -0.4 is 10.6 Å². The number of thioether (sulfide) groups is 1. The van der Waals surface area contributed by atoms with Gasteiger partial charge in [0.15, 0.2) is 5.96 Å². The molecule has 0 bridgehead atoms. The molecule has 1 saturated heterocycles. The smallest absolute Gasteiger partial charge is 0.191 e. The Labute approximate surface area is 157 Å². The van der Waals surface area contributed by atoms with Gasteiger partial charge < -0.3 is 15.1 Å². The van der Waals surface area contributed by atoms with E-state index in [1.54, 1.807) is 0 Å². The van der Waals surface area contributed by atoms with E-state index in [1.165, 1.54) is 31.4 Å². The van der Waals surface area contributed by atoms with Gasteiger partial charge in [-0.2, -0.15) is 11.8 Å². The lowest BCUT2D eigenvalue weighted by Gasteiger charge is -2.24. The molecule has 142 valence electrons. The number of aryl methyl sites for hydroxylation is 1. The summed E-state index contributed by atoms with van der Waals surface area (Å²) in [5.41, 5.74) is 0. The molecule has 1 atom stereocenters. The van der Waals surface area contributed by atoms with E-state index >= 15 is 0 Å². The SMILES string of the molecule is CCNC(=NCC(c1ccc(C)o1)N1CCCC1)NCCCCSC. The predicted molar refractivity (Wildman–Crippen MR) is 109 cm³/mol. The van der Waals surface area contributed by atoms with E-state index in [2.05, 4.69) is 40.8 Å². The minimum atomic E-state index is 0.239. The van der Waals surface area contributed by atoms with Gasteiger partial charge in [0.1, 0.15) is 11.5 Å². The van der Waals surface area contributed by atoms with E-state index in [9.17, 15) is 0 Å². The molecule has 1 aromatic rings. The lowest BCUT2D eigenvalue weighted by Crippen LogP contribution is -2.38. The van der Waals surface area contributed by atoms with Crippen LogP contribution in [0.1, 0.15) is 50.2 Å². The molecule has 2 rings (SSSR count). The Balaban J connectivity index is 1.95. The topological polar surface area (TPSA) is 52.8 Å². The first-order chi connectivity index (χ1) is 12.2. The highest BCUT2D eigenvalue weighted by molar-refractivity contribution is 7.98. The van der Waals surface area contributed by atoms with Gasteiger partial charge in [-0.1, -0.05) is 0 Å². The van der Waals surface area contributed by atoms with Gasteiger partial charge in [-0.3, -0.25) is 9.89 Å². The summed E-state index contributed by atoms with van der Waals surface area (Å²) in [5.74, 6) is 4.16. The second kappa shape index (κ2) is 11.5. The summed E-state index contributed by atoms with van der Waals surface area (Å²) in [7, 11) is 0. The van der Waals surface area contributed by atoms with Gasteiger partial charge in [0, 0.05) is 13.1 Å². The Morgan fingerprint density at radius 3 is 2.72 bits per heavy atom. The fraction of sp³-hybridized carbons (Fsp3) is 0.737. The molecule has 0 aromatic carbocycles. The predicted octanol–water partition coefficient (Wildman–Crippen LogP) is 3.42. The third-order valence-electron chi connectivity index (χ3n) is 4.51. The van der Waals surface area contributed by atoms with Crippen LogP contribution in [-0.2, 0) is 0 Å². The largest absolute Gasteiger partial charge is 0.465 e. The number of aliphatic imine (C=N–C) groups is 1. The fourth-order valence-electron chi connectivity index (χ4n) is 3.17. The highest BCUT2D eigenvalue weighted by atomic mass is 32.2. The first-order valence-corrected chi connectivity index (χ1v) is 11.0. The molecule has 1 unspecified atom stereocenters. The van der Waals surface area contributed by atoms with E-state index < -0.39 is 0 Å². The van der Waals surface area contributed by atoms with Crippen LogP contribution in [0.15, 0.2) is 21.5 Å². The van der Waals surface area contributed by atoms with Crippen molar-refractivity contribution in [2.75, 3.05) is 44.7 Å². The van der Waals surface area contributed by atoms with Crippen LogP contribution >= 0.6 is 11.8 Å². The highest BCUT2D eigenvalue weighted by Gasteiger charge is 2.25. The molecule has 0 spiro atoms. The van der Waals surface area contributed by atoms with Crippen molar-refractivity contribution < 1.29 is 4.42 Å². The third-order valence-corrected chi connectivity index (χ3v) is 5.20. The second-order valence-corrected chi connectivity index (χ2v) is 7.54. The zero-order valence-electron chi connectivity index (χ0n) is 16.0. The maximum absolute atomic E-state index is 5.92. The van der Waals surface area contributed by atoms with Crippen LogP contribution in [0, 0.1) is 6.92 Å². The summed E-state index contributed by atoms with van der Waals surface area (Å²) in [4.78, 5) is 7.35.